The lowest BCUT2D eigenvalue weighted by molar-refractivity contribution is -0.170. The van der Waals surface area contributed by atoms with E-state index in [1.807, 2.05) is 19.0 Å². The Labute approximate surface area is 309 Å². The van der Waals surface area contributed by atoms with Gasteiger partial charge in [0.25, 0.3) is 5.91 Å². The molecule has 272 valence electrons. The third-order valence-electron chi connectivity index (χ3n) is 7.75. The van der Waals surface area contributed by atoms with Crippen molar-refractivity contribution < 1.29 is 33.4 Å². The average Bonchev–Trinajstić information content (AvgIpc) is 3.70. The summed E-state index contributed by atoms with van der Waals surface area (Å²) in [5.41, 5.74) is 1.40. The molecule has 1 saturated heterocycles. The predicted molar refractivity (Wildman–Crippen MR) is 188 cm³/mol. The summed E-state index contributed by atoms with van der Waals surface area (Å²) in [7, 11) is 3.90. The molecule has 0 radical (unpaired) electrons. The third kappa shape index (κ3) is 10.7. The van der Waals surface area contributed by atoms with E-state index in [1.54, 1.807) is 16.9 Å². The van der Waals surface area contributed by atoms with Crippen LogP contribution in [-0.4, -0.2) is 115 Å². The van der Waals surface area contributed by atoms with Gasteiger partial charge in [0.05, 0.1) is 18.0 Å². The van der Waals surface area contributed by atoms with Crippen LogP contribution in [0.3, 0.4) is 0 Å². The van der Waals surface area contributed by atoms with Crippen LogP contribution in [0.5, 0.6) is 0 Å². The number of hydrogen-bond donors (Lipinski definition) is 3. The summed E-state index contributed by atoms with van der Waals surface area (Å²) in [6, 6.07) is 0.935. The van der Waals surface area contributed by atoms with Crippen LogP contribution in [0.2, 0.25) is 0 Å². The Morgan fingerprint density at radius 3 is 2.65 bits per heavy atom. The van der Waals surface area contributed by atoms with Crippen molar-refractivity contribution in [1.29, 1.82) is 0 Å². The summed E-state index contributed by atoms with van der Waals surface area (Å²) < 4.78 is 17.8. The van der Waals surface area contributed by atoms with Gasteiger partial charge in [0.1, 0.15) is 23.2 Å². The first-order valence-electron chi connectivity index (χ1n) is 15.2. The Morgan fingerprint density at radius 2 is 1.96 bits per heavy atom. The number of thioether (sulfide) groups is 2. The Bertz CT molecular complexity index is 1490. The Morgan fingerprint density at radius 1 is 1.20 bits per heavy atom. The van der Waals surface area contributed by atoms with Gasteiger partial charge >= 0.3 is 12.1 Å². The van der Waals surface area contributed by atoms with Gasteiger partial charge in [0.2, 0.25) is 17.4 Å². The van der Waals surface area contributed by atoms with Crippen LogP contribution >= 0.6 is 60.3 Å². The van der Waals surface area contributed by atoms with E-state index in [-0.39, 0.29) is 48.9 Å². The lowest BCUT2D eigenvalue weighted by Crippen LogP contribution is -2.70. The summed E-state index contributed by atoms with van der Waals surface area (Å²) in [5.74, 6) is -0.938. The van der Waals surface area contributed by atoms with Gasteiger partial charge in [-0.1, -0.05) is 18.2 Å². The number of likely N-dealkylation sites (N-methyl/N-ethyl adjacent to an activating group) is 1. The standard InChI is InChI=1S/C28H39N9O7S3.2ClH/c1-16(43-28(41)44-19-7-5-4-6-8-19)42-26(40)23-18(15-46-27-32-33-34-36(27)10-9-35(2)3)14-45-25-22(24(39)37(23)25)31-20(38)11-17-12-21(47-29)30-13-17;;/h12-13,16,19,22,25,30H,4-11,14-15,29H2,1-3H3,(H,31,38);2*1H/t16?,22-,25-;;/m1../s1. The van der Waals surface area contributed by atoms with E-state index in [0.717, 1.165) is 56.2 Å². The highest BCUT2D eigenvalue weighted by molar-refractivity contribution is 8.01. The monoisotopic (exact) mass is 781 g/mol. The van der Waals surface area contributed by atoms with E-state index < -0.39 is 35.7 Å². The molecule has 0 spiro atoms. The quantitative estimate of drug-likeness (QED) is 0.0830. The smallest absolute Gasteiger partial charge is 0.431 e. The summed E-state index contributed by atoms with van der Waals surface area (Å²) in [6.45, 7) is 2.71. The number of nitrogens with zero attached hydrogens (tertiary/aromatic N) is 6. The summed E-state index contributed by atoms with van der Waals surface area (Å²) in [5, 5.41) is 21.1. The molecule has 2 fully saturated rings. The van der Waals surface area contributed by atoms with Gasteiger partial charge in [-0.2, -0.15) is 0 Å². The highest BCUT2D eigenvalue weighted by atomic mass is 35.5. The maximum absolute atomic E-state index is 13.7. The van der Waals surface area contributed by atoms with E-state index in [1.165, 1.54) is 35.3 Å². The molecule has 2 aliphatic heterocycles. The SMILES string of the molecule is CC(OC(=O)OC1CCCCC1)OC(=O)C1=C(CSc2nnnn2CCN(C)C)CS[C@@H]2[C@H](NC(=O)Cc3c[nH]c(SN)c3)C(=O)N12.Cl.Cl. The van der Waals surface area contributed by atoms with E-state index in [4.69, 9.17) is 19.3 Å². The number of nitrogens with two attached hydrogens (primary N) is 1. The lowest BCUT2D eigenvalue weighted by atomic mass is 9.98. The normalized spacial score (nSPS) is 19.6. The molecule has 16 nitrogen and oxygen atoms in total. The largest absolute Gasteiger partial charge is 0.511 e. The maximum Gasteiger partial charge on any atom is 0.511 e. The minimum Gasteiger partial charge on any atom is -0.431 e. The minimum absolute atomic E-state index is 0. The zero-order valence-corrected chi connectivity index (χ0v) is 31.3. The van der Waals surface area contributed by atoms with Gasteiger partial charge in [0, 0.05) is 31.2 Å². The first-order chi connectivity index (χ1) is 22.6. The van der Waals surface area contributed by atoms with E-state index in [9.17, 15) is 19.2 Å². The predicted octanol–water partition coefficient (Wildman–Crippen LogP) is 2.74. The number of fused-ring (bicyclic) bond motifs is 1. The number of H-pyrrole nitrogens is 1. The van der Waals surface area contributed by atoms with Crippen molar-refractivity contribution in [2.75, 3.05) is 32.1 Å². The van der Waals surface area contributed by atoms with Crippen molar-refractivity contribution in [3.63, 3.8) is 0 Å². The Hall–Kier alpha value is -2.68. The minimum atomic E-state index is -1.27. The maximum atomic E-state index is 13.7. The number of tetrazole rings is 1. The second-order valence-electron chi connectivity index (χ2n) is 11.6. The fourth-order valence-corrected chi connectivity index (χ4v) is 8.11. The van der Waals surface area contributed by atoms with E-state index >= 15 is 0 Å². The highest BCUT2D eigenvalue weighted by Crippen LogP contribution is 2.42. The molecule has 3 aliphatic rings. The number of ether oxygens (including phenoxy) is 3. The second-order valence-corrected chi connectivity index (χ2v) is 14.3. The van der Waals surface area contributed by atoms with Crippen molar-refractivity contribution >= 4 is 84.2 Å². The first kappa shape index (κ1) is 40.7. The van der Waals surface area contributed by atoms with E-state index in [0.29, 0.717) is 33.8 Å². The van der Waals surface area contributed by atoms with Gasteiger partial charge in [-0.05, 0) is 79.4 Å². The molecule has 2 aromatic heterocycles. The highest BCUT2D eigenvalue weighted by Gasteiger charge is 2.54. The molecule has 4 N–H and O–H groups in total. The zero-order valence-electron chi connectivity index (χ0n) is 27.2. The zero-order chi connectivity index (χ0) is 33.5. The first-order valence-corrected chi connectivity index (χ1v) is 18.2. The molecular formula is C28H41Cl2N9O7S3. The van der Waals surface area contributed by atoms with Crippen LogP contribution in [0.1, 0.15) is 44.6 Å². The van der Waals surface area contributed by atoms with Crippen molar-refractivity contribution in [3.05, 3.63) is 29.1 Å². The number of rotatable bonds is 14. The number of nitrogens with one attached hydrogen (secondary N) is 2. The van der Waals surface area contributed by atoms with Crippen molar-refractivity contribution in [2.24, 2.45) is 5.14 Å². The molecule has 49 heavy (non-hydrogen) atoms. The molecule has 5 rings (SSSR count). The molecule has 1 aliphatic carbocycles. The van der Waals surface area contributed by atoms with Crippen LogP contribution in [0, 0.1) is 0 Å². The fourth-order valence-electron chi connectivity index (χ4n) is 5.38. The number of esters is 1. The Balaban J connectivity index is 0.00000325. The van der Waals surface area contributed by atoms with Crippen molar-refractivity contribution in [1.82, 2.24) is 40.3 Å². The number of carbonyl (C=O) groups is 4. The Kier molecular flexibility index (Phi) is 15.9. The third-order valence-corrected chi connectivity index (χ3v) is 10.6. The van der Waals surface area contributed by atoms with E-state index in [2.05, 4.69) is 25.8 Å². The van der Waals surface area contributed by atoms with Crippen LogP contribution in [-0.2, 0) is 41.6 Å². The summed E-state index contributed by atoms with van der Waals surface area (Å²) >= 11 is 3.80. The molecular weight excluding hydrogens is 741 g/mol. The fraction of sp³-hybridized carbons (Fsp3) is 0.607. The van der Waals surface area contributed by atoms with Gasteiger partial charge in [-0.3, -0.25) is 19.6 Å². The second kappa shape index (κ2) is 19.1. The van der Waals surface area contributed by atoms with Crippen LogP contribution in [0.15, 0.2) is 33.7 Å². The lowest BCUT2D eigenvalue weighted by Gasteiger charge is -2.49. The number of halogens is 2. The molecule has 0 aromatic carbocycles. The van der Waals surface area contributed by atoms with Gasteiger partial charge < -0.3 is 29.4 Å². The molecule has 0 bridgehead atoms. The van der Waals surface area contributed by atoms with Crippen LogP contribution in [0.25, 0.3) is 0 Å². The van der Waals surface area contributed by atoms with Crippen LogP contribution < -0.4 is 10.5 Å². The summed E-state index contributed by atoms with van der Waals surface area (Å²) in [4.78, 5) is 58.7. The molecule has 3 atom stereocenters. The van der Waals surface area contributed by atoms with Gasteiger partial charge in [-0.15, -0.1) is 41.7 Å². The number of aromatic amines is 1. The average molecular weight is 783 g/mol. The molecule has 2 amide bonds. The topological polar surface area (TPSA) is 200 Å². The van der Waals surface area contributed by atoms with Gasteiger partial charge in [-0.25, -0.2) is 14.3 Å². The molecule has 4 heterocycles. The molecule has 2 aromatic rings. The van der Waals surface area contributed by atoms with Crippen LogP contribution in [0.4, 0.5) is 4.79 Å². The molecule has 1 unspecified atom stereocenters. The number of amides is 2. The number of β-lactam (4-membered cyclic amide) rings is 1. The number of carbonyl (C=O) groups excluding carboxylic acids is 4. The van der Waals surface area contributed by atoms with Crippen molar-refractivity contribution in [3.8, 4) is 0 Å². The summed E-state index contributed by atoms with van der Waals surface area (Å²) in [6.07, 6.45) is 3.93. The van der Waals surface area contributed by atoms with Crippen molar-refractivity contribution in [2.45, 2.75) is 86.0 Å². The van der Waals surface area contributed by atoms with Gasteiger partial charge in [0.15, 0.2) is 0 Å². The molecule has 21 heteroatoms. The number of hydrogen-bond acceptors (Lipinski definition) is 15. The molecule has 1 saturated carbocycles. The number of aromatic nitrogens is 5.